The molecule has 23 heavy (non-hydrogen) atoms. The van der Waals surface area contributed by atoms with Crippen LogP contribution in [0.5, 0.6) is 0 Å². The van der Waals surface area contributed by atoms with Gasteiger partial charge in [-0.3, -0.25) is 4.98 Å². The Hall–Kier alpha value is -1.83. The third-order valence-electron chi connectivity index (χ3n) is 4.32. The molecule has 1 heterocycles. The van der Waals surface area contributed by atoms with Crippen LogP contribution in [0.25, 0.3) is 0 Å². The number of nitrogens with one attached hydrogen (secondary N) is 1. The van der Waals surface area contributed by atoms with Crippen LogP contribution in [0.3, 0.4) is 0 Å². The molecule has 0 spiro atoms. The second kappa shape index (κ2) is 8.71. The summed E-state index contributed by atoms with van der Waals surface area (Å²) < 4.78 is 0. The Morgan fingerprint density at radius 2 is 2.04 bits per heavy atom. The van der Waals surface area contributed by atoms with Crippen LogP contribution in [0, 0.1) is 11.8 Å². The zero-order chi connectivity index (χ0) is 16.7. The van der Waals surface area contributed by atoms with E-state index < -0.39 is 0 Å². The minimum absolute atomic E-state index is 0.307. The van der Waals surface area contributed by atoms with Crippen molar-refractivity contribution < 1.29 is 0 Å². The molecule has 1 aromatic heterocycles. The van der Waals surface area contributed by atoms with Crippen LogP contribution in [0.2, 0.25) is 0 Å². The molecule has 1 N–H and O–H groups in total. The average molecular weight is 310 g/mol. The Labute approximate surface area is 141 Å². The lowest BCUT2D eigenvalue weighted by atomic mass is 9.82. The molecule has 1 aromatic rings. The monoisotopic (exact) mass is 310 g/mol. The van der Waals surface area contributed by atoms with Gasteiger partial charge in [-0.05, 0) is 30.4 Å². The normalized spacial score (nSPS) is 21.0. The largest absolute Gasteiger partial charge is 0.391 e. The summed E-state index contributed by atoms with van der Waals surface area (Å²) >= 11 is 0. The lowest BCUT2D eigenvalue weighted by Crippen LogP contribution is -2.22. The van der Waals surface area contributed by atoms with Gasteiger partial charge < -0.3 is 5.32 Å². The summed E-state index contributed by atoms with van der Waals surface area (Å²) in [5.41, 5.74) is 3.78. The third-order valence-corrected chi connectivity index (χ3v) is 4.32. The number of nitrogens with zero attached hydrogens (tertiary/aromatic N) is 1. The highest BCUT2D eigenvalue weighted by atomic mass is 14.8. The van der Waals surface area contributed by atoms with Gasteiger partial charge in [-0.1, -0.05) is 63.6 Å². The second-order valence-electron chi connectivity index (χ2n) is 6.70. The predicted molar refractivity (Wildman–Crippen MR) is 99.3 cm³/mol. The molecule has 2 heteroatoms. The number of allylic oxidation sites excluding steroid dienone is 5. The van der Waals surface area contributed by atoms with Crippen molar-refractivity contribution in [3.05, 3.63) is 65.7 Å². The van der Waals surface area contributed by atoms with E-state index in [0.29, 0.717) is 17.8 Å². The highest BCUT2D eigenvalue weighted by Crippen LogP contribution is 2.33. The molecule has 0 fully saturated rings. The lowest BCUT2D eigenvalue weighted by Gasteiger charge is -2.26. The first-order valence-corrected chi connectivity index (χ1v) is 8.83. The van der Waals surface area contributed by atoms with Crippen molar-refractivity contribution in [3.8, 4) is 0 Å². The summed E-state index contributed by atoms with van der Waals surface area (Å²) in [5, 5.41) is 3.41. The molecule has 0 saturated carbocycles. The molecule has 1 aliphatic rings. The van der Waals surface area contributed by atoms with E-state index in [1.807, 2.05) is 13.2 Å². The number of aromatic nitrogens is 1. The molecular weight excluding hydrogens is 280 g/mol. The summed E-state index contributed by atoms with van der Waals surface area (Å²) in [5.74, 6) is 1.32. The molecule has 2 rings (SSSR count). The van der Waals surface area contributed by atoms with Crippen molar-refractivity contribution in [2.75, 3.05) is 7.05 Å². The Kier molecular flexibility index (Phi) is 6.64. The third kappa shape index (κ3) is 4.82. The van der Waals surface area contributed by atoms with Gasteiger partial charge in [0.1, 0.15) is 0 Å². The van der Waals surface area contributed by atoms with Crippen LogP contribution < -0.4 is 5.32 Å². The van der Waals surface area contributed by atoms with E-state index in [4.69, 9.17) is 4.98 Å². The Balaban J connectivity index is 2.22. The van der Waals surface area contributed by atoms with E-state index in [1.165, 1.54) is 11.3 Å². The van der Waals surface area contributed by atoms with Crippen molar-refractivity contribution in [2.45, 2.75) is 46.0 Å². The molecule has 2 unspecified atom stereocenters. The molecular formula is C21H30N2. The van der Waals surface area contributed by atoms with E-state index in [0.717, 1.165) is 25.0 Å². The Bertz CT molecular complexity index is 564. The van der Waals surface area contributed by atoms with E-state index >= 15 is 0 Å². The summed E-state index contributed by atoms with van der Waals surface area (Å²) in [7, 11) is 2.02. The lowest BCUT2D eigenvalue weighted by molar-refractivity contribution is 0.591. The fraction of sp³-hybridized carbons (Fsp3) is 0.476. The van der Waals surface area contributed by atoms with Crippen molar-refractivity contribution >= 4 is 0 Å². The zero-order valence-electron chi connectivity index (χ0n) is 14.9. The molecule has 2 nitrogen and oxygen atoms in total. The van der Waals surface area contributed by atoms with Gasteiger partial charge in [0.25, 0.3) is 0 Å². The predicted octanol–water partition coefficient (Wildman–Crippen LogP) is 5.01. The maximum atomic E-state index is 4.74. The van der Waals surface area contributed by atoms with Gasteiger partial charge in [-0.15, -0.1) is 0 Å². The first kappa shape index (κ1) is 17.5. The Morgan fingerprint density at radius 1 is 1.26 bits per heavy atom. The van der Waals surface area contributed by atoms with Crippen molar-refractivity contribution in [2.24, 2.45) is 11.8 Å². The summed E-state index contributed by atoms with van der Waals surface area (Å²) in [6.07, 6.45) is 16.6. The molecule has 0 aliphatic heterocycles. The molecule has 2 atom stereocenters. The smallest absolute Gasteiger partial charge is 0.0482 e. The maximum Gasteiger partial charge on any atom is 0.0482 e. The van der Waals surface area contributed by atoms with Gasteiger partial charge in [0, 0.05) is 36.5 Å². The van der Waals surface area contributed by atoms with E-state index in [9.17, 15) is 0 Å². The molecule has 0 amide bonds. The minimum atomic E-state index is 0.307. The molecule has 0 radical (unpaired) electrons. The summed E-state index contributed by atoms with van der Waals surface area (Å²) in [4.78, 5) is 4.74. The van der Waals surface area contributed by atoms with Crippen molar-refractivity contribution in [3.63, 3.8) is 0 Å². The van der Waals surface area contributed by atoms with E-state index in [1.54, 1.807) is 0 Å². The molecule has 0 saturated heterocycles. The fourth-order valence-corrected chi connectivity index (χ4v) is 3.02. The number of rotatable bonds is 7. The van der Waals surface area contributed by atoms with Crippen LogP contribution in [-0.4, -0.2) is 12.0 Å². The first-order valence-electron chi connectivity index (χ1n) is 8.83. The number of pyridine rings is 1. The van der Waals surface area contributed by atoms with Gasteiger partial charge >= 0.3 is 0 Å². The van der Waals surface area contributed by atoms with E-state index in [2.05, 4.69) is 68.6 Å². The second-order valence-corrected chi connectivity index (χ2v) is 6.70. The summed E-state index contributed by atoms with van der Waals surface area (Å²) in [6, 6.07) is 4.42. The highest BCUT2D eigenvalue weighted by Gasteiger charge is 2.24. The van der Waals surface area contributed by atoms with Gasteiger partial charge in [-0.2, -0.15) is 0 Å². The molecule has 1 aliphatic carbocycles. The van der Waals surface area contributed by atoms with Crippen molar-refractivity contribution in [1.82, 2.24) is 10.3 Å². The van der Waals surface area contributed by atoms with Crippen LogP contribution >= 0.6 is 0 Å². The highest BCUT2D eigenvalue weighted by molar-refractivity contribution is 5.33. The average Bonchev–Trinajstić information content (AvgIpc) is 2.57. The van der Waals surface area contributed by atoms with E-state index in [-0.39, 0.29) is 0 Å². The van der Waals surface area contributed by atoms with Crippen LogP contribution in [-0.2, 0) is 6.42 Å². The standard InChI is InChI=1S/C21H30N2/c1-5-8-17-12-14-21(23-15-17)19-10-7-6-9-18(19)20(22-4)13-11-16(2)3/h6-7,9-10,12-16,18-19,22H,5,8,11H2,1-4H3/b20-13-. The van der Waals surface area contributed by atoms with Gasteiger partial charge in [0.15, 0.2) is 0 Å². The quantitative estimate of drug-likeness (QED) is 0.766. The molecule has 124 valence electrons. The first-order chi connectivity index (χ1) is 11.2. The minimum Gasteiger partial charge on any atom is -0.391 e. The molecule has 0 aromatic carbocycles. The molecule has 0 bridgehead atoms. The van der Waals surface area contributed by atoms with Crippen LogP contribution in [0.1, 0.15) is 50.8 Å². The van der Waals surface area contributed by atoms with Gasteiger partial charge in [0.05, 0.1) is 0 Å². The van der Waals surface area contributed by atoms with Crippen molar-refractivity contribution in [1.29, 1.82) is 0 Å². The Morgan fingerprint density at radius 3 is 2.65 bits per heavy atom. The zero-order valence-corrected chi connectivity index (χ0v) is 14.9. The SMILES string of the molecule is CCCc1ccc(C2C=CC=CC2/C(=C/CC(C)C)NC)nc1. The maximum absolute atomic E-state index is 4.74. The fourth-order valence-electron chi connectivity index (χ4n) is 3.02. The van der Waals surface area contributed by atoms with Crippen LogP contribution in [0.15, 0.2) is 54.4 Å². The summed E-state index contributed by atoms with van der Waals surface area (Å²) in [6.45, 7) is 6.72. The number of hydrogen-bond acceptors (Lipinski definition) is 2. The number of hydrogen-bond donors (Lipinski definition) is 1. The topological polar surface area (TPSA) is 24.9 Å². The van der Waals surface area contributed by atoms with Gasteiger partial charge in [0.2, 0.25) is 0 Å². The number of aryl methyl sites for hydroxylation is 1. The van der Waals surface area contributed by atoms with Gasteiger partial charge in [-0.25, -0.2) is 0 Å². The van der Waals surface area contributed by atoms with Crippen LogP contribution in [0.4, 0.5) is 0 Å².